The van der Waals surface area contributed by atoms with Gasteiger partial charge in [-0.05, 0) is 54.1 Å². The molecule has 0 saturated carbocycles. The Balaban J connectivity index is 1.66. The van der Waals surface area contributed by atoms with Crippen molar-refractivity contribution in [3.63, 3.8) is 0 Å². The van der Waals surface area contributed by atoms with Crippen LogP contribution in [0.5, 0.6) is 0 Å². The molecular weight excluding hydrogens is 436 g/mol. The number of hydrogen-bond acceptors (Lipinski definition) is 8. The molecule has 0 radical (unpaired) electrons. The smallest absolute Gasteiger partial charge is 0.230 e. The lowest BCUT2D eigenvalue weighted by Gasteiger charge is -2.20. The summed E-state index contributed by atoms with van der Waals surface area (Å²) in [6, 6.07) is 29.4. The van der Waals surface area contributed by atoms with Gasteiger partial charge in [0.05, 0.1) is 11.4 Å². The van der Waals surface area contributed by atoms with Crippen molar-refractivity contribution in [1.29, 1.82) is 0 Å². The van der Waals surface area contributed by atoms with Crippen molar-refractivity contribution in [2.45, 2.75) is 0 Å². The maximum Gasteiger partial charge on any atom is 0.230 e. The van der Waals surface area contributed by atoms with Gasteiger partial charge in [-0.1, -0.05) is 42.5 Å². The lowest BCUT2D eigenvalue weighted by atomic mass is 10.00. The summed E-state index contributed by atoms with van der Waals surface area (Å²) in [7, 11) is 0. The first kappa shape index (κ1) is 21.7. The van der Waals surface area contributed by atoms with Crippen LogP contribution < -0.4 is 27.4 Å². The van der Waals surface area contributed by atoms with Crippen molar-refractivity contribution in [1.82, 2.24) is 15.0 Å². The molecule has 4 aromatic carbocycles. The number of nitrogens with two attached hydrogens (primary N) is 2. The fourth-order valence-corrected chi connectivity index (χ4v) is 3.81. The summed E-state index contributed by atoms with van der Waals surface area (Å²) in [6.07, 6.45) is 2.91. The Kier molecular flexibility index (Phi) is 6.08. The highest BCUT2D eigenvalue weighted by Gasteiger charge is 2.15. The number of benzene rings is 4. The molecule has 1 aromatic heterocycles. The molecule has 0 unspecified atom stereocenters. The lowest BCUT2D eigenvalue weighted by molar-refractivity contribution is 1.05. The number of hydrogen-bond donors (Lipinski definition) is 5. The van der Waals surface area contributed by atoms with Crippen LogP contribution in [0.4, 0.5) is 45.8 Å². The fraction of sp³-hybridized carbons (Fsp3) is 0. The molecule has 0 amide bonds. The molecule has 7 N–H and O–H groups in total. The van der Waals surface area contributed by atoms with Gasteiger partial charge in [-0.2, -0.15) is 0 Å². The highest BCUT2D eigenvalue weighted by atomic mass is 15.1. The first-order valence-corrected chi connectivity index (χ1v) is 11.0. The van der Waals surface area contributed by atoms with Crippen LogP contribution in [-0.2, 0) is 0 Å². The van der Waals surface area contributed by atoms with Crippen molar-refractivity contribution in [3.8, 4) is 11.1 Å². The third-order valence-electron chi connectivity index (χ3n) is 5.28. The summed E-state index contributed by atoms with van der Waals surface area (Å²) in [5.41, 5.74) is 19.6. The SMILES string of the molecule is Nc1cccc(Nc2cc(Nc3cccc(N)c3)c(-c3ccccc3)c(Nc3ncncn3)c2)c1. The van der Waals surface area contributed by atoms with Crippen molar-refractivity contribution >= 4 is 45.8 Å². The topological polar surface area (TPSA) is 127 Å². The monoisotopic (exact) mass is 460 g/mol. The molecule has 0 spiro atoms. The molecule has 0 atom stereocenters. The number of rotatable bonds is 7. The Morgan fingerprint density at radius 2 is 1.14 bits per heavy atom. The van der Waals surface area contributed by atoms with E-state index in [-0.39, 0.29) is 0 Å². The van der Waals surface area contributed by atoms with E-state index in [1.807, 2.05) is 78.9 Å². The first-order chi connectivity index (χ1) is 17.1. The van der Waals surface area contributed by atoms with Gasteiger partial charge in [-0.25, -0.2) is 15.0 Å². The first-order valence-electron chi connectivity index (χ1n) is 11.0. The van der Waals surface area contributed by atoms with Crippen LogP contribution in [0, 0.1) is 0 Å². The molecule has 172 valence electrons. The Bertz CT molecular complexity index is 1440. The van der Waals surface area contributed by atoms with Gasteiger partial charge in [-0.3, -0.25) is 0 Å². The number of aromatic nitrogens is 3. The van der Waals surface area contributed by atoms with Gasteiger partial charge in [0.15, 0.2) is 0 Å². The van der Waals surface area contributed by atoms with Crippen molar-refractivity contribution < 1.29 is 0 Å². The second-order valence-corrected chi connectivity index (χ2v) is 7.90. The van der Waals surface area contributed by atoms with Crippen LogP contribution in [0.1, 0.15) is 0 Å². The second-order valence-electron chi connectivity index (χ2n) is 7.90. The van der Waals surface area contributed by atoms with Crippen LogP contribution in [-0.4, -0.2) is 15.0 Å². The number of nitrogen functional groups attached to an aromatic ring is 2. The van der Waals surface area contributed by atoms with E-state index in [1.54, 1.807) is 0 Å². The molecule has 0 saturated heterocycles. The van der Waals surface area contributed by atoms with E-state index in [9.17, 15) is 0 Å². The zero-order valence-corrected chi connectivity index (χ0v) is 18.8. The number of nitrogens with zero attached hydrogens (tertiary/aromatic N) is 3. The second kappa shape index (κ2) is 9.80. The van der Waals surface area contributed by atoms with E-state index < -0.39 is 0 Å². The van der Waals surface area contributed by atoms with Gasteiger partial charge in [0.25, 0.3) is 0 Å². The maximum atomic E-state index is 6.04. The van der Waals surface area contributed by atoms with Crippen molar-refractivity contribution in [2.24, 2.45) is 0 Å². The minimum absolute atomic E-state index is 0.438. The largest absolute Gasteiger partial charge is 0.399 e. The predicted molar refractivity (Wildman–Crippen MR) is 143 cm³/mol. The van der Waals surface area contributed by atoms with E-state index in [0.29, 0.717) is 17.3 Å². The molecule has 0 bridgehead atoms. The molecule has 5 aromatic rings. The average molecular weight is 461 g/mol. The van der Waals surface area contributed by atoms with Crippen LogP contribution in [0.2, 0.25) is 0 Å². The normalized spacial score (nSPS) is 10.5. The minimum Gasteiger partial charge on any atom is -0.399 e. The Hall–Kier alpha value is -5.11. The minimum atomic E-state index is 0.438. The summed E-state index contributed by atoms with van der Waals surface area (Å²) >= 11 is 0. The third-order valence-corrected chi connectivity index (χ3v) is 5.28. The van der Waals surface area contributed by atoms with Crippen LogP contribution in [0.25, 0.3) is 11.1 Å². The zero-order valence-electron chi connectivity index (χ0n) is 18.8. The molecule has 0 fully saturated rings. The number of nitrogens with one attached hydrogen (secondary N) is 3. The Labute approximate surface area is 203 Å². The summed E-state index contributed by atoms with van der Waals surface area (Å²) < 4.78 is 0. The summed E-state index contributed by atoms with van der Waals surface area (Å²) in [6.45, 7) is 0. The van der Waals surface area contributed by atoms with Gasteiger partial charge in [0.2, 0.25) is 5.95 Å². The van der Waals surface area contributed by atoms with E-state index in [1.165, 1.54) is 12.7 Å². The van der Waals surface area contributed by atoms with Crippen molar-refractivity contribution in [2.75, 3.05) is 27.4 Å². The molecule has 0 aliphatic rings. The number of anilines is 8. The zero-order chi connectivity index (χ0) is 24.0. The third kappa shape index (κ3) is 5.28. The van der Waals surface area contributed by atoms with Gasteiger partial charge < -0.3 is 27.4 Å². The highest BCUT2D eigenvalue weighted by Crippen LogP contribution is 2.41. The molecular formula is C27H24N8. The van der Waals surface area contributed by atoms with E-state index in [0.717, 1.165) is 39.6 Å². The predicted octanol–water partition coefficient (Wildman–Crippen LogP) is 5.93. The summed E-state index contributed by atoms with van der Waals surface area (Å²) in [5, 5.41) is 10.3. The van der Waals surface area contributed by atoms with E-state index >= 15 is 0 Å². The van der Waals surface area contributed by atoms with Crippen LogP contribution in [0.3, 0.4) is 0 Å². The molecule has 8 heteroatoms. The Morgan fingerprint density at radius 3 is 1.77 bits per heavy atom. The molecule has 0 aliphatic heterocycles. The lowest BCUT2D eigenvalue weighted by Crippen LogP contribution is -2.03. The van der Waals surface area contributed by atoms with Crippen LogP contribution >= 0.6 is 0 Å². The molecule has 5 rings (SSSR count). The van der Waals surface area contributed by atoms with Gasteiger partial charge in [0, 0.05) is 34.0 Å². The van der Waals surface area contributed by atoms with Gasteiger partial charge in [0.1, 0.15) is 12.7 Å². The standard InChI is InChI=1S/C27H24N8/c28-19-8-4-10-21(12-19)33-23-14-24(34-22-11-5-9-20(29)13-22)26(18-6-2-1-3-7-18)25(15-23)35-27-31-16-30-17-32-27/h1-17,33-34H,28-29H2,(H,30,31,32,35). The molecule has 1 heterocycles. The van der Waals surface area contributed by atoms with Gasteiger partial charge >= 0.3 is 0 Å². The van der Waals surface area contributed by atoms with Crippen LogP contribution in [0.15, 0.2) is 104 Å². The summed E-state index contributed by atoms with van der Waals surface area (Å²) in [5.74, 6) is 0.438. The van der Waals surface area contributed by atoms with Gasteiger partial charge in [-0.15, -0.1) is 0 Å². The fourth-order valence-electron chi connectivity index (χ4n) is 3.81. The van der Waals surface area contributed by atoms with E-state index in [4.69, 9.17) is 11.5 Å². The maximum absolute atomic E-state index is 6.04. The average Bonchev–Trinajstić information content (AvgIpc) is 2.85. The molecule has 35 heavy (non-hydrogen) atoms. The van der Waals surface area contributed by atoms with Crippen molar-refractivity contribution in [3.05, 3.63) is 104 Å². The Morgan fingerprint density at radius 1 is 0.543 bits per heavy atom. The van der Waals surface area contributed by atoms with E-state index in [2.05, 4.69) is 43.0 Å². The molecule has 8 nitrogen and oxygen atoms in total. The molecule has 0 aliphatic carbocycles. The quantitative estimate of drug-likeness (QED) is 0.189. The summed E-state index contributed by atoms with van der Waals surface area (Å²) in [4.78, 5) is 12.4. The highest BCUT2D eigenvalue weighted by molar-refractivity contribution is 5.95.